The average molecular weight is 520 g/mol. The van der Waals surface area contributed by atoms with Crippen molar-refractivity contribution in [1.82, 2.24) is 9.21 Å². The highest BCUT2D eigenvalue weighted by Gasteiger charge is 2.39. The number of ether oxygens (including phenoxy) is 1. The number of rotatable bonds is 4. The highest BCUT2D eigenvalue weighted by Crippen LogP contribution is 2.33. The molecule has 36 heavy (non-hydrogen) atoms. The van der Waals surface area contributed by atoms with Crippen LogP contribution in [0.25, 0.3) is 0 Å². The van der Waals surface area contributed by atoms with Crippen LogP contribution in [0.2, 0.25) is 0 Å². The number of fused-ring (bicyclic) bond motifs is 2. The molecular weight excluding hydrogens is 492 g/mol. The van der Waals surface area contributed by atoms with Gasteiger partial charge in [0.1, 0.15) is 6.61 Å². The lowest BCUT2D eigenvalue weighted by atomic mass is 9.99. The number of nitrogens with zero attached hydrogens (tertiary/aromatic N) is 3. The lowest BCUT2D eigenvalue weighted by Crippen LogP contribution is -2.50. The van der Waals surface area contributed by atoms with Crippen LogP contribution >= 0.6 is 0 Å². The van der Waals surface area contributed by atoms with Crippen molar-refractivity contribution in [1.29, 1.82) is 0 Å². The van der Waals surface area contributed by atoms with Crippen LogP contribution in [-0.2, 0) is 39.1 Å². The fraction of sp³-hybridized carbons (Fsp3) is 0.440. The third-order valence-electron chi connectivity index (χ3n) is 7.08. The molecule has 1 saturated heterocycles. The van der Waals surface area contributed by atoms with Gasteiger partial charge >= 0.3 is 12.0 Å². The molecule has 5 rings (SSSR count). The summed E-state index contributed by atoms with van der Waals surface area (Å²) in [7, 11) is -3.84. The fourth-order valence-corrected chi connectivity index (χ4v) is 6.68. The van der Waals surface area contributed by atoms with Gasteiger partial charge in [-0.2, -0.15) is 13.1 Å². The predicted molar refractivity (Wildman–Crippen MR) is 127 cm³/mol. The Morgan fingerprint density at radius 3 is 2.47 bits per heavy atom. The molecule has 0 bridgehead atoms. The zero-order valence-electron chi connectivity index (χ0n) is 19.8. The maximum atomic E-state index is 13.5. The van der Waals surface area contributed by atoms with Crippen molar-refractivity contribution in [2.75, 3.05) is 24.5 Å². The maximum Gasteiger partial charge on any atom is 0.414 e. The second kappa shape index (κ2) is 9.11. The van der Waals surface area contributed by atoms with E-state index in [0.717, 1.165) is 21.7 Å². The lowest BCUT2D eigenvalue weighted by Gasteiger charge is -2.39. The van der Waals surface area contributed by atoms with Crippen LogP contribution in [0.15, 0.2) is 47.4 Å². The molecule has 3 aliphatic heterocycles. The number of sulfonamides is 1. The van der Waals surface area contributed by atoms with E-state index in [1.807, 2.05) is 24.3 Å². The molecule has 11 heteroatoms. The van der Waals surface area contributed by atoms with E-state index >= 15 is 0 Å². The normalized spacial score (nSPS) is 19.5. The third-order valence-corrected chi connectivity index (χ3v) is 8.97. The van der Waals surface area contributed by atoms with Gasteiger partial charge in [-0.1, -0.05) is 24.3 Å². The van der Waals surface area contributed by atoms with Gasteiger partial charge in [-0.15, -0.1) is 0 Å². The van der Waals surface area contributed by atoms with E-state index < -0.39 is 27.9 Å². The first-order valence-electron chi connectivity index (χ1n) is 11.9. The standard InChI is InChI=1S/C25H27F2N3O5S/c1-25(26,27)23(31)28-11-8-17-6-7-21(14-19(17)15-28)36(33,34)29-12-9-20(10-13-29)30-22-5-3-2-4-18(22)16-35-24(30)32/h2-7,14,20H,8-13,15-16H2,1H3. The van der Waals surface area contributed by atoms with Gasteiger partial charge in [0, 0.05) is 44.7 Å². The molecule has 0 aromatic heterocycles. The van der Waals surface area contributed by atoms with E-state index in [1.54, 1.807) is 11.0 Å². The summed E-state index contributed by atoms with van der Waals surface area (Å²) in [5.74, 6) is -4.74. The molecular formula is C25H27F2N3O5S. The van der Waals surface area contributed by atoms with Gasteiger partial charge in [-0.05, 0) is 48.6 Å². The summed E-state index contributed by atoms with van der Waals surface area (Å²) in [6.45, 7) is 1.34. The van der Waals surface area contributed by atoms with Crippen molar-refractivity contribution in [3.8, 4) is 0 Å². The minimum Gasteiger partial charge on any atom is -0.444 e. The van der Waals surface area contributed by atoms with Crippen molar-refractivity contribution in [2.45, 2.75) is 56.2 Å². The molecule has 3 aliphatic rings. The summed E-state index contributed by atoms with van der Waals surface area (Å²) in [6.07, 6.45) is 0.848. The van der Waals surface area contributed by atoms with Crippen LogP contribution in [0.4, 0.5) is 19.3 Å². The number of amides is 2. The number of alkyl halides is 2. The van der Waals surface area contributed by atoms with Gasteiger partial charge in [0.05, 0.1) is 10.6 Å². The van der Waals surface area contributed by atoms with Crippen molar-refractivity contribution >= 4 is 27.7 Å². The Balaban J connectivity index is 1.31. The number of hydrogen-bond donors (Lipinski definition) is 0. The minimum absolute atomic E-state index is 0.0560. The summed E-state index contributed by atoms with van der Waals surface area (Å²) in [5, 5.41) is 0. The van der Waals surface area contributed by atoms with Crippen LogP contribution in [0, 0.1) is 0 Å². The number of cyclic esters (lactones) is 1. The Hall–Kier alpha value is -3.05. The van der Waals surface area contributed by atoms with E-state index in [1.165, 1.54) is 16.4 Å². The summed E-state index contributed by atoms with van der Waals surface area (Å²) < 4.78 is 60.6. The molecule has 2 aromatic carbocycles. The fourth-order valence-electron chi connectivity index (χ4n) is 5.16. The van der Waals surface area contributed by atoms with Gasteiger partial charge in [-0.25, -0.2) is 13.2 Å². The van der Waals surface area contributed by atoms with Crippen LogP contribution in [0.3, 0.4) is 0 Å². The zero-order valence-corrected chi connectivity index (χ0v) is 20.6. The molecule has 0 spiro atoms. The topological polar surface area (TPSA) is 87.2 Å². The second-order valence-corrected chi connectivity index (χ2v) is 11.4. The third kappa shape index (κ3) is 4.45. The Morgan fingerprint density at radius 1 is 1.03 bits per heavy atom. The monoisotopic (exact) mass is 519 g/mol. The summed E-state index contributed by atoms with van der Waals surface area (Å²) in [4.78, 5) is 27.3. The van der Waals surface area contributed by atoms with Crippen molar-refractivity contribution in [2.24, 2.45) is 0 Å². The number of carbonyl (C=O) groups excluding carboxylic acids is 2. The number of halogens is 2. The Morgan fingerprint density at radius 2 is 1.75 bits per heavy atom. The number of carbonyl (C=O) groups is 2. The van der Waals surface area contributed by atoms with Gasteiger partial charge in [0.2, 0.25) is 10.0 Å². The molecule has 192 valence electrons. The predicted octanol–water partition coefficient (Wildman–Crippen LogP) is 3.54. The molecule has 3 heterocycles. The van der Waals surface area contributed by atoms with Gasteiger partial charge < -0.3 is 9.64 Å². The summed E-state index contributed by atoms with van der Waals surface area (Å²) in [5.41, 5.74) is 3.11. The molecule has 1 fully saturated rings. The molecule has 0 aliphatic carbocycles. The van der Waals surface area contributed by atoms with E-state index in [2.05, 4.69) is 0 Å². The Labute approximate surface area is 208 Å². The van der Waals surface area contributed by atoms with E-state index in [0.29, 0.717) is 31.7 Å². The molecule has 0 unspecified atom stereocenters. The van der Waals surface area contributed by atoms with Crippen LogP contribution < -0.4 is 4.90 Å². The second-order valence-electron chi connectivity index (χ2n) is 9.48. The summed E-state index contributed by atoms with van der Waals surface area (Å²) >= 11 is 0. The SMILES string of the molecule is CC(F)(F)C(=O)N1CCc2ccc(S(=O)(=O)N3CCC(N4C(=O)OCc5ccccc54)CC3)cc2C1. The highest BCUT2D eigenvalue weighted by molar-refractivity contribution is 7.89. The number of piperidine rings is 1. The van der Waals surface area contributed by atoms with Crippen molar-refractivity contribution < 1.29 is 31.5 Å². The number of anilines is 1. The van der Waals surface area contributed by atoms with Gasteiger partial charge in [0.25, 0.3) is 5.91 Å². The first-order valence-corrected chi connectivity index (χ1v) is 13.3. The smallest absolute Gasteiger partial charge is 0.414 e. The molecule has 0 N–H and O–H groups in total. The number of benzene rings is 2. The largest absolute Gasteiger partial charge is 0.444 e. The molecule has 2 aromatic rings. The molecule has 0 saturated carbocycles. The zero-order chi connectivity index (χ0) is 25.7. The van der Waals surface area contributed by atoms with Crippen LogP contribution in [0.1, 0.15) is 36.5 Å². The first kappa shape index (κ1) is 24.6. The van der Waals surface area contributed by atoms with Gasteiger partial charge in [-0.3, -0.25) is 9.69 Å². The molecule has 0 radical (unpaired) electrons. The molecule has 8 nitrogen and oxygen atoms in total. The Kier molecular flexibility index (Phi) is 6.24. The van der Waals surface area contributed by atoms with Crippen molar-refractivity contribution in [3.63, 3.8) is 0 Å². The first-order chi connectivity index (χ1) is 17.1. The van der Waals surface area contributed by atoms with Crippen LogP contribution in [0.5, 0.6) is 0 Å². The molecule has 0 atom stereocenters. The lowest BCUT2D eigenvalue weighted by molar-refractivity contribution is -0.155. The van der Waals surface area contributed by atoms with Crippen molar-refractivity contribution in [3.05, 3.63) is 59.2 Å². The number of para-hydroxylation sites is 1. The summed E-state index contributed by atoms with van der Waals surface area (Å²) in [6, 6.07) is 12.0. The minimum atomic E-state index is -3.84. The molecule has 2 amide bonds. The van der Waals surface area contributed by atoms with E-state index in [-0.39, 0.29) is 43.7 Å². The quantitative estimate of drug-likeness (QED) is 0.617. The van der Waals surface area contributed by atoms with Gasteiger partial charge in [0.15, 0.2) is 0 Å². The average Bonchev–Trinajstić information content (AvgIpc) is 2.87. The highest BCUT2D eigenvalue weighted by atomic mass is 32.2. The van der Waals surface area contributed by atoms with E-state index in [4.69, 9.17) is 4.74 Å². The maximum absolute atomic E-state index is 13.5. The van der Waals surface area contributed by atoms with Crippen LogP contribution in [-0.4, -0.2) is 61.2 Å². The Bertz CT molecular complexity index is 1300. The van der Waals surface area contributed by atoms with E-state index in [9.17, 15) is 26.8 Å². The number of hydrogen-bond acceptors (Lipinski definition) is 5.